The number of halogens is 1. The highest BCUT2D eigenvalue weighted by Crippen LogP contribution is 2.29. The lowest BCUT2D eigenvalue weighted by Crippen LogP contribution is -2.40. The van der Waals surface area contributed by atoms with E-state index >= 15 is 0 Å². The van der Waals surface area contributed by atoms with Gasteiger partial charge in [0.15, 0.2) is 0 Å². The van der Waals surface area contributed by atoms with Gasteiger partial charge in [-0.05, 0) is 36.0 Å². The van der Waals surface area contributed by atoms with Crippen LogP contribution in [-0.4, -0.2) is 18.0 Å². The van der Waals surface area contributed by atoms with Crippen LogP contribution in [0.25, 0.3) is 0 Å². The van der Waals surface area contributed by atoms with E-state index in [-0.39, 0.29) is 11.9 Å². The molecule has 1 fully saturated rings. The summed E-state index contributed by atoms with van der Waals surface area (Å²) in [6.45, 7) is 6.34. The molecule has 0 spiro atoms. The van der Waals surface area contributed by atoms with Crippen LogP contribution in [0, 0.1) is 29.0 Å². The van der Waals surface area contributed by atoms with Crippen LogP contribution >= 0.6 is 0 Å². The highest BCUT2D eigenvalue weighted by Gasteiger charge is 2.28. The smallest absolute Gasteiger partial charge is 0.123 e. The number of hydrogen-bond donors (Lipinski definition) is 0. The molecule has 3 atom stereocenters. The molecule has 0 amide bonds. The van der Waals surface area contributed by atoms with Crippen molar-refractivity contribution in [2.24, 2.45) is 11.8 Å². The molecule has 2 rings (SSSR count). The Labute approximate surface area is 108 Å². The van der Waals surface area contributed by atoms with Crippen molar-refractivity contribution >= 4 is 0 Å². The molecule has 3 unspecified atom stereocenters. The van der Waals surface area contributed by atoms with E-state index in [0.29, 0.717) is 11.8 Å². The van der Waals surface area contributed by atoms with Gasteiger partial charge in [-0.3, -0.25) is 4.90 Å². The van der Waals surface area contributed by atoms with E-state index in [1.54, 1.807) is 12.1 Å². The first-order valence-corrected chi connectivity index (χ1v) is 6.49. The van der Waals surface area contributed by atoms with E-state index < -0.39 is 0 Å². The molecule has 96 valence electrons. The fraction of sp³-hybridized carbons (Fsp3) is 0.533. The second-order valence-electron chi connectivity index (χ2n) is 5.48. The normalized spacial score (nSPS) is 26.6. The van der Waals surface area contributed by atoms with Crippen LogP contribution in [0.5, 0.6) is 0 Å². The highest BCUT2D eigenvalue weighted by molar-refractivity contribution is 5.25. The number of benzene rings is 1. The van der Waals surface area contributed by atoms with Crippen molar-refractivity contribution in [3.63, 3.8) is 0 Å². The predicted octanol–water partition coefficient (Wildman–Crippen LogP) is 3.37. The van der Waals surface area contributed by atoms with Crippen LogP contribution in [-0.2, 0) is 0 Å². The molecule has 1 saturated heterocycles. The second kappa shape index (κ2) is 5.49. The Morgan fingerprint density at radius 1 is 1.22 bits per heavy atom. The van der Waals surface area contributed by atoms with Gasteiger partial charge in [0, 0.05) is 13.1 Å². The first kappa shape index (κ1) is 13.0. The van der Waals surface area contributed by atoms with Crippen molar-refractivity contribution in [3.05, 3.63) is 35.6 Å². The van der Waals surface area contributed by atoms with Gasteiger partial charge in [-0.15, -0.1) is 0 Å². The van der Waals surface area contributed by atoms with Gasteiger partial charge in [-0.2, -0.15) is 5.26 Å². The Balaban J connectivity index is 2.18. The molecule has 0 bridgehead atoms. The van der Waals surface area contributed by atoms with Gasteiger partial charge >= 0.3 is 0 Å². The average Bonchev–Trinajstić information content (AvgIpc) is 2.31. The number of piperidine rings is 1. The van der Waals surface area contributed by atoms with Gasteiger partial charge in [0.2, 0.25) is 0 Å². The zero-order valence-corrected chi connectivity index (χ0v) is 10.9. The van der Waals surface area contributed by atoms with Gasteiger partial charge in [0.25, 0.3) is 0 Å². The summed E-state index contributed by atoms with van der Waals surface area (Å²) < 4.78 is 12.9. The summed E-state index contributed by atoms with van der Waals surface area (Å²) in [4.78, 5) is 2.21. The minimum Gasteiger partial charge on any atom is -0.284 e. The molecule has 1 aliphatic heterocycles. The average molecular weight is 246 g/mol. The van der Waals surface area contributed by atoms with Crippen LogP contribution in [0.1, 0.15) is 31.9 Å². The first-order valence-electron chi connectivity index (χ1n) is 6.49. The van der Waals surface area contributed by atoms with E-state index in [0.717, 1.165) is 18.7 Å². The molecule has 0 radical (unpaired) electrons. The Kier molecular flexibility index (Phi) is 3.98. The van der Waals surface area contributed by atoms with Gasteiger partial charge in [0.05, 0.1) is 6.07 Å². The second-order valence-corrected chi connectivity index (χ2v) is 5.48. The third-order valence-corrected chi connectivity index (χ3v) is 3.57. The van der Waals surface area contributed by atoms with Crippen molar-refractivity contribution in [1.29, 1.82) is 5.26 Å². The van der Waals surface area contributed by atoms with Crippen molar-refractivity contribution in [3.8, 4) is 6.07 Å². The number of hydrogen-bond acceptors (Lipinski definition) is 2. The number of nitrogens with zero attached hydrogens (tertiary/aromatic N) is 2. The lowest BCUT2D eigenvalue weighted by atomic mass is 9.90. The lowest BCUT2D eigenvalue weighted by molar-refractivity contribution is 0.117. The third kappa shape index (κ3) is 2.88. The highest BCUT2D eigenvalue weighted by atomic mass is 19.1. The largest absolute Gasteiger partial charge is 0.284 e. The summed E-state index contributed by atoms with van der Waals surface area (Å²) in [5.74, 6) is 0.978. The molecule has 0 aromatic heterocycles. The molecule has 1 aromatic carbocycles. The van der Waals surface area contributed by atoms with Gasteiger partial charge in [0.1, 0.15) is 11.9 Å². The molecular weight excluding hydrogens is 227 g/mol. The van der Waals surface area contributed by atoms with Crippen LogP contribution < -0.4 is 0 Å². The number of likely N-dealkylation sites (tertiary alicyclic amines) is 1. The zero-order chi connectivity index (χ0) is 13.1. The van der Waals surface area contributed by atoms with Gasteiger partial charge < -0.3 is 0 Å². The first-order chi connectivity index (χ1) is 8.60. The zero-order valence-electron chi connectivity index (χ0n) is 10.9. The lowest BCUT2D eigenvalue weighted by Gasteiger charge is -2.37. The molecule has 1 heterocycles. The molecule has 1 aliphatic rings. The van der Waals surface area contributed by atoms with Crippen molar-refractivity contribution in [1.82, 2.24) is 4.90 Å². The molecule has 1 aromatic rings. The maximum atomic E-state index is 12.9. The van der Waals surface area contributed by atoms with Crippen LogP contribution in [0.2, 0.25) is 0 Å². The number of rotatable bonds is 2. The Bertz CT molecular complexity index is 425. The summed E-state index contributed by atoms with van der Waals surface area (Å²) in [5.41, 5.74) is 0.889. The van der Waals surface area contributed by atoms with Crippen molar-refractivity contribution in [2.45, 2.75) is 26.3 Å². The third-order valence-electron chi connectivity index (χ3n) is 3.57. The Morgan fingerprint density at radius 2 is 1.78 bits per heavy atom. The van der Waals surface area contributed by atoms with E-state index in [4.69, 9.17) is 0 Å². The topological polar surface area (TPSA) is 27.0 Å². The summed E-state index contributed by atoms with van der Waals surface area (Å²) in [5, 5.41) is 9.39. The molecule has 0 N–H and O–H groups in total. The van der Waals surface area contributed by atoms with E-state index in [1.165, 1.54) is 18.6 Å². The van der Waals surface area contributed by atoms with Crippen LogP contribution in [0.15, 0.2) is 24.3 Å². The summed E-state index contributed by atoms with van der Waals surface area (Å²) in [6.07, 6.45) is 1.22. The minimum absolute atomic E-state index is 0.254. The Morgan fingerprint density at radius 3 is 2.28 bits per heavy atom. The molecule has 0 saturated carbocycles. The van der Waals surface area contributed by atoms with E-state index in [9.17, 15) is 9.65 Å². The maximum absolute atomic E-state index is 12.9. The van der Waals surface area contributed by atoms with Crippen LogP contribution in [0.4, 0.5) is 4.39 Å². The van der Waals surface area contributed by atoms with Crippen LogP contribution in [0.3, 0.4) is 0 Å². The molecule has 2 nitrogen and oxygen atoms in total. The molecule has 0 aliphatic carbocycles. The molecule has 3 heteroatoms. The number of nitriles is 1. The van der Waals surface area contributed by atoms with E-state index in [2.05, 4.69) is 24.8 Å². The van der Waals surface area contributed by atoms with Gasteiger partial charge in [-0.25, -0.2) is 4.39 Å². The molecule has 18 heavy (non-hydrogen) atoms. The standard InChI is InChI=1S/C15H19FN2/c1-11-7-12(2)10-18(9-11)15(8-17)13-3-5-14(16)6-4-13/h3-6,11-12,15H,7,9-10H2,1-2H3. The van der Waals surface area contributed by atoms with Gasteiger partial charge in [-0.1, -0.05) is 26.0 Å². The Hall–Kier alpha value is -1.40. The predicted molar refractivity (Wildman–Crippen MR) is 69.3 cm³/mol. The minimum atomic E-state index is -0.254. The summed E-state index contributed by atoms with van der Waals surface area (Å²) in [6, 6.07) is 8.38. The molecular formula is C15H19FN2. The van der Waals surface area contributed by atoms with Crippen molar-refractivity contribution in [2.75, 3.05) is 13.1 Å². The van der Waals surface area contributed by atoms with Crippen molar-refractivity contribution < 1.29 is 4.39 Å². The monoisotopic (exact) mass is 246 g/mol. The fourth-order valence-electron chi connectivity index (χ4n) is 2.93. The van der Waals surface area contributed by atoms with E-state index in [1.807, 2.05) is 0 Å². The summed E-state index contributed by atoms with van der Waals surface area (Å²) in [7, 11) is 0. The summed E-state index contributed by atoms with van der Waals surface area (Å²) >= 11 is 0. The fourth-order valence-corrected chi connectivity index (χ4v) is 2.93. The maximum Gasteiger partial charge on any atom is 0.123 e. The SMILES string of the molecule is CC1CC(C)CN(C(C#N)c2ccc(F)cc2)C1. The quantitative estimate of drug-likeness (QED) is 0.800.